The van der Waals surface area contributed by atoms with Gasteiger partial charge in [0.15, 0.2) is 0 Å². The molecule has 1 aliphatic heterocycles. The molecule has 1 aromatic carbocycles. The third-order valence-electron chi connectivity index (χ3n) is 3.86. The van der Waals surface area contributed by atoms with E-state index in [1.54, 1.807) is 0 Å². The van der Waals surface area contributed by atoms with Crippen LogP contribution < -0.4 is 10.9 Å². The Morgan fingerprint density at radius 2 is 2.00 bits per heavy atom. The number of rotatable bonds is 1. The van der Waals surface area contributed by atoms with Crippen molar-refractivity contribution in [1.82, 2.24) is 10.9 Å². The number of fused-ring (bicyclic) bond motifs is 3. The van der Waals surface area contributed by atoms with Crippen LogP contribution in [0.5, 0.6) is 0 Å². The van der Waals surface area contributed by atoms with Crippen molar-refractivity contribution in [2.24, 2.45) is 11.8 Å². The Hall–Kier alpha value is -0.860. The van der Waals surface area contributed by atoms with E-state index >= 15 is 0 Å². The minimum Gasteiger partial charge on any atom is -0.254 e. The minimum absolute atomic E-state index is 0.536. The van der Waals surface area contributed by atoms with Gasteiger partial charge in [-0.25, -0.2) is 5.43 Å². The fraction of sp³-hybridized carbons (Fsp3) is 0.538. The lowest BCUT2D eigenvalue weighted by Gasteiger charge is -2.20. The molecule has 0 amide bonds. The molecular weight excluding hydrogens is 184 g/mol. The van der Waals surface area contributed by atoms with Crippen LogP contribution in [0.25, 0.3) is 0 Å². The Bertz CT molecular complexity index is 373. The second kappa shape index (κ2) is 3.32. The molecule has 1 saturated heterocycles. The van der Waals surface area contributed by atoms with Gasteiger partial charge in [0.2, 0.25) is 0 Å². The topological polar surface area (TPSA) is 24.1 Å². The first-order valence-electron chi connectivity index (χ1n) is 5.86. The third kappa shape index (κ3) is 1.32. The van der Waals surface area contributed by atoms with E-state index < -0.39 is 0 Å². The second-order valence-electron chi connectivity index (χ2n) is 5.10. The Morgan fingerprint density at radius 1 is 1.20 bits per heavy atom. The zero-order valence-corrected chi connectivity index (χ0v) is 9.33. The van der Waals surface area contributed by atoms with E-state index in [-0.39, 0.29) is 0 Å². The van der Waals surface area contributed by atoms with Gasteiger partial charge in [0.05, 0.1) is 6.04 Å². The van der Waals surface area contributed by atoms with Gasteiger partial charge < -0.3 is 0 Å². The summed E-state index contributed by atoms with van der Waals surface area (Å²) < 4.78 is 0. The highest BCUT2D eigenvalue weighted by Gasteiger charge is 2.42. The third-order valence-corrected chi connectivity index (χ3v) is 3.86. The SMILES string of the molecule is CC(C)C1NNC2c3ccccc3CC21. The van der Waals surface area contributed by atoms with E-state index in [9.17, 15) is 0 Å². The summed E-state index contributed by atoms with van der Waals surface area (Å²) in [6, 6.07) is 9.98. The molecule has 0 spiro atoms. The predicted molar refractivity (Wildman–Crippen MR) is 61.3 cm³/mol. The second-order valence-corrected chi connectivity index (χ2v) is 5.10. The number of benzene rings is 1. The summed E-state index contributed by atoms with van der Waals surface area (Å²) >= 11 is 0. The van der Waals surface area contributed by atoms with E-state index in [0.717, 1.165) is 5.92 Å². The van der Waals surface area contributed by atoms with Crippen molar-refractivity contribution in [2.75, 3.05) is 0 Å². The van der Waals surface area contributed by atoms with Crippen molar-refractivity contribution in [2.45, 2.75) is 32.4 Å². The largest absolute Gasteiger partial charge is 0.254 e. The van der Waals surface area contributed by atoms with Gasteiger partial charge >= 0.3 is 0 Å². The van der Waals surface area contributed by atoms with E-state index in [4.69, 9.17) is 0 Å². The first-order chi connectivity index (χ1) is 7.27. The van der Waals surface area contributed by atoms with Crippen LogP contribution in [-0.4, -0.2) is 6.04 Å². The highest BCUT2D eigenvalue weighted by Crippen LogP contribution is 2.41. The smallest absolute Gasteiger partial charge is 0.0512 e. The maximum atomic E-state index is 3.46. The predicted octanol–water partition coefficient (Wildman–Crippen LogP) is 2.03. The average Bonchev–Trinajstić information content (AvgIpc) is 2.74. The van der Waals surface area contributed by atoms with Gasteiger partial charge in [-0.05, 0) is 23.5 Å². The number of hydrazine groups is 1. The molecule has 1 heterocycles. The van der Waals surface area contributed by atoms with Crippen molar-refractivity contribution in [3.8, 4) is 0 Å². The van der Waals surface area contributed by atoms with Crippen LogP contribution in [0.2, 0.25) is 0 Å². The van der Waals surface area contributed by atoms with Gasteiger partial charge in [0.25, 0.3) is 0 Å². The normalized spacial score (nSPS) is 33.1. The standard InChI is InChI=1S/C13H18N2/c1-8(2)12-11-7-9-5-3-4-6-10(9)13(11)15-14-12/h3-6,8,11-15H,7H2,1-2H3. The summed E-state index contributed by atoms with van der Waals surface area (Å²) in [5, 5.41) is 0. The summed E-state index contributed by atoms with van der Waals surface area (Å²) in [5.41, 5.74) is 9.94. The Morgan fingerprint density at radius 3 is 2.80 bits per heavy atom. The van der Waals surface area contributed by atoms with Crippen LogP contribution in [0.4, 0.5) is 0 Å². The van der Waals surface area contributed by atoms with E-state index in [2.05, 4.69) is 49.0 Å². The van der Waals surface area contributed by atoms with E-state index in [1.165, 1.54) is 17.5 Å². The quantitative estimate of drug-likeness (QED) is 0.728. The van der Waals surface area contributed by atoms with Crippen molar-refractivity contribution < 1.29 is 0 Å². The first kappa shape index (κ1) is 9.37. The summed E-state index contributed by atoms with van der Waals surface area (Å²) in [5.74, 6) is 1.43. The number of nitrogens with one attached hydrogen (secondary N) is 2. The molecule has 1 fully saturated rings. The minimum atomic E-state index is 0.536. The maximum Gasteiger partial charge on any atom is 0.0512 e. The Kier molecular flexibility index (Phi) is 2.08. The van der Waals surface area contributed by atoms with E-state index in [0.29, 0.717) is 18.0 Å². The molecule has 2 aliphatic rings. The molecule has 1 aromatic rings. The van der Waals surface area contributed by atoms with Crippen LogP contribution in [-0.2, 0) is 6.42 Å². The molecule has 0 aromatic heterocycles. The van der Waals surface area contributed by atoms with Crippen LogP contribution in [0.15, 0.2) is 24.3 Å². The first-order valence-corrected chi connectivity index (χ1v) is 5.86. The molecule has 2 N–H and O–H groups in total. The van der Waals surface area contributed by atoms with Gasteiger partial charge in [0.1, 0.15) is 0 Å². The van der Waals surface area contributed by atoms with Crippen molar-refractivity contribution in [3.63, 3.8) is 0 Å². The van der Waals surface area contributed by atoms with E-state index in [1.807, 2.05) is 0 Å². The fourth-order valence-corrected chi connectivity index (χ4v) is 3.10. The highest BCUT2D eigenvalue weighted by atomic mass is 15.4. The Balaban J connectivity index is 1.93. The molecule has 1 aliphatic carbocycles. The lowest BCUT2D eigenvalue weighted by molar-refractivity contribution is 0.350. The van der Waals surface area contributed by atoms with Crippen LogP contribution in [0, 0.1) is 11.8 Å². The molecule has 2 heteroatoms. The van der Waals surface area contributed by atoms with Crippen LogP contribution in [0.1, 0.15) is 31.0 Å². The fourth-order valence-electron chi connectivity index (χ4n) is 3.10. The molecule has 2 nitrogen and oxygen atoms in total. The lowest BCUT2D eigenvalue weighted by Crippen LogP contribution is -2.36. The molecule has 15 heavy (non-hydrogen) atoms. The molecular formula is C13H18N2. The molecule has 3 rings (SSSR count). The zero-order valence-electron chi connectivity index (χ0n) is 9.33. The maximum absolute atomic E-state index is 3.46. The van der Waals surface area contributed by atoms with Gasteiger partial charge in [-0.1, -0.05) is 38.1 Å². The summed E-state index contributed by atoms with van der Waals surface area (Å²) in [6.45, 7) is 4.59. The summed E-state index contributed by atoms with van der Waals surface area (Å²) in [7, 11) is 0. The zero-order chi connectivity index (χ0) is 10.4. The summed E-state index contributed by atoms with van der Waals surface area (Å²) in [4.78, 5) is 0. The number of hydrogen-bond donors (Lipinski definition) is 2. The molecule has 0 radical (unpaired) electrons. The molecule has 3 unspecified atom stereocenters. The Labute approximate surface area is 91.0 Å². The molecule has 0 saturated carbocycles. The van der Waals surface area contributed by atoms with Gasteiger partial charge in [-0.3, -0.25) is 5.43 Å². The van der Waals surface area contributed by atoms with Crippen LogP contribution >= 0.6 is 0 Å². The number of hydrogen-bond acceptors (Lipinski definition) is 2. The molecule has 3 atom stereocenters. The molecule has 80 valence electrons. The van der Waals surface area contributed by atoms with Crippen molar-refractivity contribution in [3.05, 3.63) is 35.4 Å². The highest BCUT2D eigenvalue weighted by molar-refractivity contribution is 5.37. The average molecular weight is 202 g/mol. The van der Waals surface area contributed by atoms with Crippen molar-refractivity contribution >= 4 is 0 Å². The van der Waals surface area contributed by atoms with Gasteiger partial charge in [0, 0.05) is 12.0 Å². The van der Waals surface area contributed by atoms with Crippen LogP contribution in [0.3, 0.4) is 0 Å². The monoisotopic (exact) mass is 202 g/mol. The lowest BCUT2D eigenvalue weighted by atomic mass is 9.88. The van der Waals surface area contributed by atoms with Gasteiger partial charge in [-0.2, -0.15) is 0 Å². The molecule has 0 bridgehead atoms. The van der Waals surface area contributed by atoms with Gasteiger partial charge in [-0.15, -0.1) is 0 Å². The summed E-state index contributed by atoms with van der Waals surface area (Å²) in [6.07, 6.45) is 1.23. The van der Waals surface area contributed by atoms with Crippen molar-refractivity contribution in [1.29, 1.82) is 0 Å².